The van der Waals surface area contributed by atoms with Crippen molar-refractivity contribution in [2.75, 3.05) is 24.7 Å². The highest BCUT2D eigenvalue weighted by molar-refractivity contribution is 5.98. The normalized spacial score (nSPS) is 14.0. The second kappa shape index (κ2) is 9.08. The molecule has 3 N–H and O–H groups in total. The van der Waals surface area contributed by atoms with Crippen molar-refractivity contribution in [1.29, 1.82) is 0 Å². The maximum absolute atomic E-state index is 13.0. The Kier molecular flexibility index (Phi) is 5.34. The van der Waals surface area contributed by atoms with Gasteiger partial charge in [-0.1, -0.05) is 6.07 Å². The maximum atomic E-state index is 13.0. The lowest BCUT2D eigenvalue weighted by Gasteiger charge is -2.19. The van der Waals surface area contributed by atoms with E-state index in [9.17, 15) is 18.0 Å². The summed E-state index contributed by atoms with van der Waals surface area (Å²) < 4.78 is 67.7. The molecule has 1 atom stereocenters. The number of benzene rings is 1. The molecule has 1 aromatic carbocycles. The van der Waals surface area contributed by atoms with Crippen molar-refractivity contribution in [1.82, 2.24) is 30.3 Å². The molecule has 0 saturated heterocycles. The molecule has 32 heavy (non-hydrogen) atoms. The summed E-state index contributed by atoms with van der Waals surface area (Å²) >= 11 is 0. The van der Waals surface area contributed by atoms with Gasteiger partial charge in [-0.25, -0.2) is 4.98 Å². The summed E-state index contributed by atoms with van der Waals surface area (Å²) in [4.78, 5) is 16.7. The van der Waals surface area contributed by atoms with Crippen molar-refractivity contribution in [3.63, 3.8) is 0 Å². The van der Waals surface area contributed by atoms with Crippen LogP contribution in [-0.2, 0) is 7.05 Å². The van der Waals surface area contributed by atoms with Crippen LogP contribution in [0.1, 0.15) is 21.5 Å². The summed E-state index contributed by atoms with van der Waals surface area (Å²) in [5.41, 5.74) is 0.179. The Labute approximate surface area is 185 Å². The number of nitrogens with zero attached hydrogens (tertiary/aromatic N) is 5. The molecule has 13 heteroatoms. The molecular formula is C19H21F3N8O2. The van der Waals surface area contributed by atoms with Crippen LogP contribution in [-0.4, -0.2) is 57.2 Å². The predicted molar refractivity (Wildman–Crippen MR) is 111 cm³/mol. The standard InChI is InChI=1S/C19H21F3N8O2/c1-10(19(20,21)22)25-14-8-13(15(28-27-14)18(31)23-2)26-12-7-5-6-11(16(12)32-4)17-24-9-30(3)29-17/h5-10H,1-4H3,(H,23,31)(H2,25,26,27)/i2D3. The first-order valence-corrected chi connectivity index (χ1v) is 9.12. The van der Waals surface area contributed by atoms with E-state index < -0.39 is 30.8 Å². The number of hydrogen-bond acceptors (Lipinski definition) is 8. The van der Waals surface area contributed by atoms with E-state index in [1.54, 1.807) is 30.6 Å². The number of carbonyl (C=O) groups is 1. The van der Waals surface area contributed by atoms with Crippen molar-refractivity contribution in [3.05, 3.63) is 36.3 Å². The highest BCUT2D eigenvalue weighted by atomic mass is 19.4. The van der Waals surface area contributed by atoms with Crippen molar-refractivity contribution < 1.29 is 26.8 Å². The Morgan fingerprint density at radius 2 is 2.06 bits per heavy atom. The highest BCUT2D eigenvalue weighted by Gasteiger charge is 2.36. The zero-order valence-corrected chi connectivity index (χ0v) is 17.2. The summed E-state index contributed by atoms with van der Waals surface area (Å²) in [7, 11) is 3.07. The van der Waals surface area contributed by atoms with Gasteiger partial charge in [0.05, 0.1) is 24.0 Å². The number of aromatic nitrogens is 5. The minimum atomic E-state index is -4.57. The fraction of sp³-hybridized carbons (Fsp3) is 0.316. The van der Waals surface area contributed by atoms with Gasteiger partial charge < -0.3 is 20.7 Å². The smallest absolute Gasteiger partial charge is 0.408 e. The number of alkyl halides is 3. The Bertz CT molecular complexity index is 1220. The van der Waals surface area contributed by atoms with Gasteiger partial charge in [0.1, 0.15) is 12.4 Å². The number of carbonyl (C=O) groups excluding carboxylic acids is 1. The fourth-order valence-electron chi connectivity index (χ4n) is 2.73. The van der Waals surface area contributed by atoms with Gasteiger partial charge in [-0.3, -0.25) is 9.48 Å². The van der Waals surface area contributed by atoms with Crippen LogP contribution in [0.5, 0.6) is 5.75 Å². The molecular weight excluding hydrogens is 429 g/mol. The second-order valence-electron chi connectivity index (χ2n) is 6.61. The van der Waals surface area contributed by atoms with Crippen LogP contribution in [0.25, 0.3) is 11.4 Å². The molecule has 0 fully saturated rings. The molecule has 0 aliphatic heterocycles. The van der Waals surface area contributed by atoms with Gasteiger partial charge in [0, 0.05) is 24.2 Å². The van der Waals surface area contributed by atoms with Crippen LogP contribution in [0.3, 0.4) is 0 Å². The third kappa shape index (κ3) is 4.87. The van der Waals surface area contributed by atoms with Crippen molar-refractivity contribution in [2.45, 2.75) is 19.1 Å². The largest absolute Gasteiger partial charge is 0.494 e. The van der Waals surface area contributed by atoms with Gasteiger partial charge in [0.15, 0.2) is 23.1 Å². The highest BCUT2D eigenvalue weighted by Crippen LogP contribution is 2.37. The number of hydrogen-bond donors (Lipinski definition) is 3. The first-order chi connectivity index (χ1) is 16.3. The molecule has 3 aromatic rings. The Morgan fingerprint density at radius 3 is 2.69 bits per heavy atom. The van der Waals surface area contributed by atoms with Gasteiger partial charge in [-0.15, -0.1) is 10.2 Å². The summed E-state index contributed by atoms with van der Waals surface area (Å²) in [5, 5.41) is 18.3. The Morgan fingerprint density at radius 1 is 1.28 bits per heavy atom. The van der Waals surface area contributed by atoms with Crippen molar-refractivity contribution in [2.24, 2.45) is 7.05 Å². The molecule has 2 aromatic heterocycles. The lowest BCUT2D eigenvalue weighted by Crippen LogP contribution is -2.33. The molecule has 0 saturated carbocycles. The minimum Gasteiger partial charge on any atom is -0.494 e. The molecule has 0 aliphatic carbocycles. The van der Waals surface area contributed by atoms with E-state index in [1.165, 1.54) is 18.1 Å². The van der Waals surface area contributed by atoms with E-state index in [0.717, 1.165) is 13.0 Å². The van der Waals surface area contributed by atoms with Gasteiger partial charge in [0.2, 0.25) is 0 Å². The number of anilines is 3. The average molecular weight is 453 g/mol. The quantitative estimate of drug-likeness (QED) is 0.500. The molecule has 0 radical (unpaired) electrons. The third-order valence-corrected chi connectivity index (χ3v) is 4.31. The third-order valence-electron chi connectivity index (χ3n) is 4.31. The topological polar surface area (TPSA) is 119 Å². The average Bonchev–Trinajstić information content (AvgIpc) is 3.18. The monoisotopic (exact) mass is 453 g/mol. The van der Waals surface area contributed by atoms with Crippen LogP contribution in [0.2, 0.25) is 0 Å². The van der Waals surface area contributed by atoms with Crippen LogP contribution in [0, 0.1) is 0 Å². The lowest BCUT2D eigenvalue weighted by molar-refractivity contribution is -0.138. The Balaban J connectivity index is 2.06. The van der Waals surface area contributed by atoms with E-state index in [-0.39, 0.29) is 22.9 Å². The van der Waals surface area contributed by atoms with E-state index in [1.807, 2.05) is 0 Å². The fourth-order valence-corrected chi connectivity index (χ4v) is 2.73. The maximum Gasteiger partial charge on any atom is 0.408 e. The summed E-state index contributed by atoms with van der Waals surface area (Å²) in [6, 6.07) is 4.03. The summed E-state index contributed by atoms with van der Waals surface area (Å²) in [5.74, 6) is -0.820. The van der Waals surface area contributed by atoms with Gasteiger partial charge >= 0.3 is 6.18 Å². The van der Waals surface area contributed by atoms with E-state index in [4.69, 9.17) is 8.85 Å². The number of ether oxygens (including phenoxy) is 1. The molecule has 1 unspecified atom stereocenters. The number of rotatable bonds is 7. The second-order valence-corrected chi connectivity index (χ2v) is 6.61. The molecule has 0 aliphatic rings. The van der Waals surface area contributed by atoms with Gasteiger partial charge in [-0.05, 0) is 19.1 Å². The number of nitrogens with one attached hydrogen (secondary N) is 3. The molecule has 0 spiro atoms. The van der Waals surface area contributed by atoms with E-state index >= 15 is 0 Å². The van der Waals surface area contributed by atoms with Crippen LogP contribution in [0.4, 0.5) is 30.4 Å². The SMILES string of the molecule is [2H]C([2H])([2H])NC(=O)c1nnc(NC(C)C(F)(F)F)cc1Nc1cccc(-c2ncn(C)n2)c1OC. The van der Waals surface area contributed by atoms with E-state index in [0.29, 0.717) is 11.4 Å². The molecule has 3 rings (SSSR count). The minimum absolute atomic E-state index is 0.122. The van der Waals surface area contributed by atoms with E-state index in [2.05, 4.69) is 30.9 Å². The molecule has 1 amide bonds. The summed E-state index contributed by atoms with van der Waals surface area (Å²) in [6.45, 7) is -1.95. The van der Waals surface area contributed by atoms with Gasteiger partial charge in [-0.2, -0.15) is 18.3 Å². The number of aryl methyl sites for hydroxylation is 1. The van der Waals surface area contributed by atoms with Crippen LogP contribution in [0.15, 0.2) is 30.6 Å². The number of para-hydroxylation sites is 1. The first-order valence-electron chi connectivity index (χ1n) is 10.6. The van der Waals surface area contributed by atoms with Gasteiger partial charge in [0.25, 0.3) is 5.91 Å². The molecule has 170 valence electrons. The molecule has 2 heterocycles. The zero-order chi connectivity index (χ0) is 26.0. The number of halogens is 3. The number of amides is 1. The van der Waals surface area contributed by atoms with Crippen LogP contribution >= 0.6 is 0 Å². The zero-order valence-electron chi connectivity index (χ0n) is 20.2. The van der Waals surface area contributed by atoms with Crippen molar-refractivity contribution >= 4 is 23.1 Å². The van der Waals surface area contributed by atoms with Crippen molar-refractivity contribution in [3.8, 4) is 17.1 Å². The molecule has 0 bridgehead atoms. The lowest BCUT2D eigenvalue weighted by atomic mass is 10.1. The first kappa shape index (κ1) is 18.8. The molecule has 10 nitrogen and oxygen atoms in total. The predicted octanol–water partition coefficient (Wildman–Crippen LogP) is 2.75. The number of methoxy groups -OCH3 is 1. The van der Waals surface area contributed by atoms with Crippen LogP contribution < -0.4 is 20.7 Å². The summed E-state index contributed by atoms with van der Waals surface area (Å²) in [6.07, 6.45) is -3.08. The Hall–Kier alpha value is -3.90.